The van der Waals surface area contributed by atoms with E-state index in [1.165, 1.54) is 5.56 Å². The molecule has 0 aliphatic carbocycles. The number of carbonyl (C=O) groups is 2. The van der Waals surface area contributed by atoms with E-state index in [-0.39, 0.29) is 23.1 Å². The highest BCUT2D eigenvalue weighted by molar-refractivity contribution is 6.30. The summed E-state index contributed by atoms with van der Waals surface area (Å²) in [5, 5.41) is 3.93. The topological polar surface area (TPSA) is 67.9 Å². The minimum absolute atomic E-state index is 0.0632. The lowest BCUT2D eigenvalue weighted by Crippen LogP contribution is -2.48. The fourth-order valence-corrected chi connectivity index (χ4v) is 4.98. The highest BCUT2D eigenvalue weighted by atomic mass is 35.5. The van der Waals surface area contributed by atoms with Gasteiger partial charge in [-0.2, -0.15) is 0 Å². The van der Waals surface area contributed by atoms with E-state index in [1.807, 2.05) is 47.4 Å². The minimum Gasteiger partial charge on any atom is -0.493 e. The van der Waals surface area contributed by atoms with Gasteiger partial charge in [-0.3, -0.25) is 9.59 Å². The van der Waals surface area contributed by atoms with Crippen LogP contribution in [-0.4, -0.2) is 56.2 Å². The van der Waals surface area contributed by atoms with Crippen molar-refractivity contribution in [2.45, 2.75) is 37.5 Å². The molecule has 2 aliphatic heterocycles. The van der Waals surface area contributed by atoms with Crippen molar-refractivity contribution in [2.75, 3.05) is 39.5 Å². The third-order valence-electron chi connectivity index (χ3n) is 7.05. The molecule has 2 fully saturated rings. The van der Waals surface area contributed by atoms with Gasteiger partial charge in [0.2, 0.25) is 11.8 Å². The number of hydrogen-bond acceptors (Lipinski definition) is 4. The third kappa shape index (κ3) is 6.30. The second-order valence-electron chi connectivity index (χ2n) is 9.18. The Hall–Kier alpha value is -2.57. The standard InChI is InChI=1S/C27H33ClN2O4/c28-23-8-6-22(7-9-23)27(13-18-33-19-14-27)20-29-26(32)21-10-15-30(16-11-21)25(31)12-17-34-24-4-2-1-3-5-24/h1-9,21H,10-20H2,(H,29,32). The number of likely N-dealkylation sites (tertiary alicyclic amines) is 1. The summed E-state index contributed by atoms with van der Waals surface area (Å²) in [6.45, 7) is 3.55. The van der Waals surface area contributed by atoms with Crippen LogP contribution in [0.2, 0.25) is 5.02 Å². The lowest BCUT2D eigenvalue weighted by Gasteiger charge is -2.39. The zero-order valence-corrected chi connectivity index (χ0v) is 20.3. The SMILES string of the molecule is O=C(NCC1(c2ccc(Cl)cc2)CCOCC1)C1CCN(C(=O)CCOc2ccccc2)CC1. The number of nitrogens with zero attached hydrogens (tertiary/aromatic N) is 1. The predicted octanol–water partition coefficient (Wildman–Crippen LogP) is 4.21. The first-order valence-electron chi connectivity index (χ1n) is 12.1. The molecule has 2 saturated heterocycles. The van der Waals surface area contributed by atoms with Gasteiger partial charge in [0.25, 0.3) is 0 Å². The molecule has 4 rings (SSSR count). The number of piperidine rings is 1. The summed E-state index contributed by atoms with van der Waals surface area (Å²) in [6.07, 6.45) is 3.46. The molecule has 6 nitrogen and oxygen atoms in total. The quantitative estimate of drug-likeness (QED) is 0.609. The Labute approximate surface area is 206 Å². The van der Waals surface area contributed by atoms with E-state index in [1.54, 1.807) is 0 Å². The van der Waals surface area contributed by atoms with E-state index in [2.05, 4.69) is 17.4 Å². The van der Waals surface area contributed by atoms with Gasteiger partial charge in [0.1, 0.15) is 5.75 Å². The molecule has 0 unspecified atom stereocenters. The van der Waals surface area contributed by atoms with Crippen LogP contribution in [0.15, 0.2) is 54.6 Å². The average molecular weight is 485 g/mol. The van der Waals surface area contributed by atoms with Gasteiger partial charge in [0.15, 0.2) is 0 Å². The van der Waals surface area contributed by atoms with E-state index in [0.29, 0.717) is 63.7 Å². The van der Waals surface area contributed by atoms with Crippen molar-refractivity contribution >= 4 is 23.4 Å². The molecule has 7 heteroatoms. The summed E-state index contributed by atoms with van der Waals surface area (Å²) >= 11 is 6.09. The highest BCUT2D eigenvalue weighted by Gasteiger charge is 2.36. The van der Waals surface area contributed by atoms with E-state index >= 15 is 0 Å². The van der Waals surface area contributed by atoms with Gasteiger partial charge in [0, 0.05) is 49.2 Å². The summed E-state index contributed by atoms with van der Waals surface area (Å²) in [4.78, 5) is 27.4. The lowest BCUT2D eigenvalue weighted by atomic mass is 9.74. The molecule has 0 saturated carbocycles. The Morgan fingerprint density at radius 2 is 1.71 bits per heavy atom. The van der Waals surface area contributed by atoms with Crippen LogP contribution in [0.5, 0.6) is 5.75 Å². The van der Waals surface area contributed by atoms with Gasteiger partial charge >= 0.3 is 0 Å². The van der Waals surface area contributed by atoms with E-state index in [4.69, 9.17) is 21.1 Å². The number of amides is 2. The molecular weight excluding hydrogens is 452 g/mol. The molecule has 0 aromatic heterocycles. The molecule has 2 aromatic carbocycles. The molecule has 2 heterocycles. The normalized spacial score (nSPS) is 18.3. The number of benzene rings is 2. The molecule has 2 aliphatic rings. The second kappa shape index (κ2) is 11.7. The minimum atomic E-state index is -0.131. The Kier molecular flexibility index (Phi) is 8.46. The number of ether oxygens (including phenoxy) is 2. The van der Waals surface area contributed by atoms with Crippen molar-refractivity contribution in [1.29, 1.82) is 0 Å². The van der Waals surface area contributed by atoms with Gasteiger partial charge in [-0.1, -0.05) is 41.9 Å². The van der Waals surface area contributed by atoms with Crippen LogP contribution in [0.1, 0.15) is 37.7 Å². The Balaban J connectivity index is 1.23. The summed E-state index contributed by atoms with van der Waals surface area (Å²) in [7, 11) is 0. The zero-order chi connectivity index (χ0) is 23.8. The third-order valence-corrected chi connectivity index (χ3v) is 7.31. The van der Waals surface area contributed by atoms with Gasteiger partial charge in [-0.05, 0) is 55.5 Å². The fourth-order valence-electron chi connectivity index (χ4n) is 4.86. The van der Waals surface area contributed by atoms with Crippen molar-refractivity contribution in [3.05, 3.63) is 65.2 Å². The van der Waals surface area contributed by atoms with Crippen LogP contribution in [0, 0.1) is 5.92 Å². The van der Waals surface area contributed by atoms with Crippen LogP contribution >= 0.6 is 11.6 Å². The van der Waals surface area contributed by atoms with Crippen molar-refractivity contribution in [3.63, 3.8) is 0 Å². The Morgan fingerprint density at radius 3 is 2.38 bits per heavy atom. The van der Waals surface area contributed by atoms with E-state index in [9.17, 15) is 9.59 Å². The average Bonchev–Trinajstić information content (AvgIpc) is 2.89. The molecule has 2 aromatic rings. The first-order valence-corrected chi connectivity index (χ1v) is 12.5. The first kappa shape index (κ1) is 24.6. The maximum absolute atomic E-state index is 13.0. The zero-order valence-electron chi connectivity index (χ0n) is 19.5. The van der Waals surface area contributed by atoms with Gasteiger partial charge in [0.05, 0.1) is 13.0 Å². The lowest BCUT2D eigenvalue weighted by molar-refractivity contribution is -0.136. The largest absolute Gasteiger partial charge is 0.493 e. The maximum atomic E-state index is 13.0. The fraction of sp³-hybridized carbons (Fsp3) is 0.481. The van der Waals surface area contributed by atoms with Crippen LogP contribution < -0.4 is 10.1 Å². The van der Waals surface area contributed by atoms with Crippen LogP contribution in [0.4, 0.5) is 0 Å². The predicted molar refractivity (Wildman–Crippen MR) is 132 cm³/mol. The molecule has 2 amide bonds. The Bertz CT molecular complexity index is 937. The smallest absolute Gasteiger partial charge is 0.225 e. The van der Waals surface area contributed by atoms with Crippen molar-refractivity contribution in [2.24, 2.45) is 5.92 Å². The molecule has 0 spiro atoms. The van der Waals surface area contributed by atoms with Gasteiger partial charge < -0.3 is 19.7 Å². The summed E-state index contributed by atoms with van der Waals surface area (Å²) in [6, 6.07) is 17.5. The van der Waals surface area contributed by atoms with Crippen LogP contribution in [0.3, 0.4) is 0 Å². The summed E-state index contributed by atoms with van der Waals surface area (Å²) in [5.74, 6) is 0.872. The number of carbonyl (C=O) groups excluding carboxylic acids is 2. The number of para-hydroxylation sites is 1. The number of hydrogen-bond donors (Lipinski definition) is 1. The molecule has 0 atom stereocenters. The summed E-state index contributed by atoms with van der Waals surface area (Å²) in [5.41, 5.74) is 1.06. The molecule has 1 N–H and O–H groups in total. The molecule has 0 radical (unpaired) electrons. The van der Waals surface area contributed by atoms with E-state index < -0.39 is 0 Å². The monoisotopic (exact) mass is 484 g/mol. The number of halogens is 1. The molecule has 182 valence electrons. The molecule has 0 bridgehead atoms. The van der Waals surface area contributed by atoms with Gasteiger partial charge in [-0.15, -0.1) is 0 Å². The van der Waals surface area contributed by atoms with E-state index in [0.717, 1.165) is 18.6 Å². The van der Waals surface area contributed by atoms with Crippen molar-refractivity contribution in [3.8, 4) is 5.75 Å². The van der Waals surface area contributed by atoms with Crippen molar-refractivity contribution < 1.29 is 19.1 Å². The van der Waals surface area contributed by atoms with Crippen LogP contribution in [0.25, 0.3) is 0 Å². The Morgan fingerprint density at radius 1 is 1.03 bits per heavy atom. The summed E-state index contributed by atoms with van der Waals surface area (Å²) < 4.78 is 11.2. The van der Waals surface area contributed by atoms with Crippen LogP contribution in [-0.2, 0) is 19.7 Å². The van der Waals surface area contributed by atoms with Crippen molar-refractivity contribution in [1.82, 2.24) is 10.2 Å². The van der Waals surface area contributed by atoms with Gasteiger partial charge in [-0.25, -0.2) is 0 Å². The number of nitrogens with one attached hydrogen (secondary N) is 1. The molecular formula is C27H33ClN2O4. The first-order chi connectivity index (χ1) is 16.6. The number of rotatable bonds is 8. The molecule has 34 heavy (non-hydrogen) atoms. The second-order valence-corrected chi connectivity index (χ2v) is 9.62. The highest BCUT2D eigenvalue weighted by Crippen LogP contribution is 2.35. The maximum Gasteiger partial charge on any atom is 0.225 e.